The Bertz CT molecular complexity index is 1400. The van der Waals surface area contributed by atoms with Crippen molar-refractivity contribution in [3.05, 3.63) is 30.1 Å². The number of anilines is 1. The fourth-order valence-corrected chi connectivity index (χ4v) is 7.02. The summed E-state index contributed by atoms with van der Waals surface area (Å²) in [6.45, 7) is 6.60. The Morgan fingerprint density at radius 1 is 0.880 bits per heavy atom. The fraction of sp³-hybridized carbons (Fsp3) is 0.692. The average molecular weight is 713 g/mol. The Balaban J connectivity index is 1.20. The standard InChI is InChI=1S/C39H64N6O4S/c1-3-5-6-7-8-9-10-11-12-13-14-15-16-17-18-24-35(46)49-27-28-50-30-32(40)39(47)42-25-21-26-45-34(29-48-4-2)44-36-37(45)31-22-19-20-23-33(31)43-38(36)41/h19-20,22-23,32H,3-18,21,24-30,40H2,1-2H3,(H2,41,43)(H,42,47)/t32-/m0/s1. The van der Waals surface area contributed by atoms with Crippen LogP contribution < -0.4 is 16.8 Å². The highest BCUT2D eigenvalue weighted by Gasteiger charge is 2.18. The molecule has 3 aromatic rings. The summed E-state index contributed by atoms with van der Waals surface area (Å²) in [6, 6.07) is 7.25. The number of thioether (sulfide) groups is 1. The Morgan fingerprint density at radius 2 is 1.52 bits per heavy atom. The van der Waals surface area contributed by atoms with Gasteiger partial charge in [-0.15, -0.1) is 0 Å². The number of nitrogen functional groups attached to an aromatic ring is 1. The monoisotopic (exact) mass is 712 g/mol. The van der Waals surface area contributed by atoms with E-state index in [1.54, 1.807) is 0 Å². The second-order valence-corrected chi connectivity index (χ2v) is 14.4. The minimum absolute atomic E-state index is 0.135. The lowest BCUT2D eigenvalue weighted by Crippen LogP contribution is -2.42. The van der Waals surface area contributed by atoms with E-state index < -0.39 is 6.04 Å². The van der Waals surface area contributed by atoms with Gasteiger partial charge < -0.3 is 30.8 Å². The van der Waals surface area contributed by atoms with Gasteiger partial charge in [0.25, 0.3) is 0 Å². The van der Waals surface area contributed by atoms with Gasteiger partial charge in [0.05, 0.1) is 17.1 Å². The van der Waals surface area contributed by atoms with Crippen LogP contribution in [-0.4, -0.2) is 63.7 Å². The number of imidazole rings is 1. The number of amides is 1. The maximum atomic E-state index is 12.6. The van der Waals surface area contributed by atoms with Gasteiger partial charge in [-0.2, -0.15) is 11.8 Å². The van der Waals surface area contributed by atoms with Crippen molar-refractivity contribution in [2.24, 2.45) is 5.73 Å². The number of hydrogen-bond acceptors (Lipinski definition) is 9. The number of carbonyl (C=O) groups is 2. The molecular weight excluding hydrogens is 649 g/mol. The van der Waals surface area contributed by atoms with Gasteiger partial charge in [0.15, 0.2) is 5.82 Å². The van der Waals surface area contributed by atoms with Crippen LogP contribution in [0.1, 0.15) is 129 Å². The molecule has 0 bridgehead atoms. The van der Waals surface area contributed by atoms with Crippen molar-refractivity contribution in [3.63, 3.8) is 0 Å². The zero-order valence-electron chi connectivity index (χ0n) is 30.9. The number of rotatable bonds is 29. The lowest BCUT2D eigenvalue weighted by Gasteiger charge is -2.14. The van der Waals surface area contributed by atoms with Crippen molar-refractivity contribution in [1.82, 2.24) is 19.9 Å². The molecule has 280 valence electrons. The first-order valence-corrected chi connectivity index (χ1v) is 20.5. The summed E-state index contributed by atoms with van der Waals surface area (Å²) >= 11 is 1.52. The third kappa shape index (κ3) is 15.2. The Morgan fingerprint density at radius 3 is 2.18 bits per heavy atom. The molecule has 3 rings (SSSR count). The highest BCUT2D eigenvalue weighted by atomic mass is 32.2. The molecule has 1 atom stereocenters. The van der Waals surface area contributed by atoms with Crippen LogP contribution in [-0.2, 0) is 32.2 Å². The van der Waals surface area contributed by atoms with Crippen molar-refractivity contribution in [2.45, 2.75) is 142 Å². The molecule has 0 fully saturated rings. The van der Waals surface area contributed by atoms with E-state index in [2.05, 4.69) is 21.8 Å². The molecule has 0 radical (unpaired) electrons. The maximum absolute atomic E-state index is 12.6. The number of esters is 1. The number of para-hydroxylation sites is 1. The third-order valence-electron chi connectivity index (χ3n) is 9.09. The molecule has 0 aliphatic carbocycles. The number of ether oxygens (including phenoxy) is 2. The Kier molecular flexibility index (Phi) is 20.9. The van der Waals surface area contributed by atoms with Crippen molar-refractivity contribution in [3.8, 4) is 0 Å². The van der Waals surface area contributed by atoms with E-state index in [1.165, 1.54) is 95.2 Å². The van der Waals surface area contributed by atoms with Crippen molar-refractivity contribution in [2.75, 3.05) is 37.0 Å². The summed E-state index contributed by atoms with van der Waals surface area (Å²) in [4.78, 5) is 34.0. The summed E-state index contributed by atoms with van der Waals surface area (Å²) < 4.78 is 13.2. The molecule has 0 spiro atoms. The van der Waals surface area contributed by atoms with Gasteiger partial charge in [0.1, 0.15) is 24.6 Å². The van der Waals surface area contributed by atoms with Gasteiger partial charge in [0.2, 0.25) is 5.91 Å². The highest BCUT2D eigenvalue weighted by Crippen LogP contribution is 2.29. The van der Waals surface area contributed by atoms with Gasteiger partial charge in [-0.05, 0) is 25.8 Å². The van der Waals surface area contributed by atoms with E-state index in [0.29, 0.717) is 68.6 Å². The first-order chi connectivity index (χ1) is 24.5. The van der Waals surface area contributed by atoms with E-state index in [-0.39, 0.29) is 11.9 Å². The molecule has 2 aromatic heterocycles. The van der Waals surface area contributed by atoms with Crippen LogP contribution in [0.15, 0.2) is 24.3 Å². The number of nitrogens with zero attached hydrogens (tertiary/aromatic N) is 3. The highest BCUT2D eigenvalue weighted by molar-refractivity contribution is 7.99. The average Bonchev–Trinajstić information content (AvgIpc) is 3.49. The number of aromatic nitrogens is 3. The molecule has 2 heterocycles. The molecule has 0 aliphatic rings. The SMILES string of the molecule is CCCCCCCCCCCCCCCCCC(=O)OCCSC[C@H](N)C(=O)NCCCn1c(COCC)nc2c(N)nc3ccccc3c21. The van der Waals surface area contributed by atoms with Crippen LogP contribution in [0.5, 0.6) is 0 Å². The summed E-state index contributed by atoms with van der Waals surface area (Å²) in [5.41, 5.74) is 14.8. The molecule has 10 nitrogen and oxygen atoms in total. The number of unbranched alkanes of at least 4 members (excludes halogenated alkanes) is 14. The second-order valence-electron chi connectivity index (χ2n) is 13.3. The first-order valence-electron chi connectivity index (χ1n) is 19.3. The van der Waals surface area contributed by atoms with Gasteiger partial charge in [-0.25, -0.2) is 9.97 Å². The Labute approximate surface area is 304 Å². The van der Waals surface area contributed by atoms with E-state index >= 15 is 0 Å². The largest absolute Gasteiger partial charge is 0.465 e. The summed E-state index contributed by atoms with van der Waals surface area (Å²) in [7, 11) is 0. The van der Waals surface area contributed by atoms with Crippen molar-refractivity contribution < 1.29 is 19.1 Å². The van der Waals surface area contributed by atoms with Crippen LogP contribution in [0.2, 0.25) is 0 Å². The summed E-state index contributed by atoms with van der Waals surface area (Å²) in [6.07, 6.45) is 20.7. The van der Waals surface area contributed by atoms with Crippen molar-refractivity contribution >= 4 is 51.4 Å². The number of pyridine rings is 1. The lowest BCUT2D eigenvalue weighted by atomic mass is 10.0. The quantitative estimate of drug-likeness (QED) is 0.0480. The van der Waals surface area contributed by atoms with Gasteiger partial charge in [-0.1, -0.05) is 115 Å². The van der Waals surface area contributed by atoms with Crippen LogP contribution in [0, 0.1) is 0 Å². The molecule has 5 N–H and O–H groups in total. The topological polar surface area (TPSA) is 147 Å². The third-order valence-corrected chi connectivity index (χ3v) is 10.1. The molecule has 0 saturated carbocycles. The zero-order valence-corrected chi connectivity index (χ0v) is 31.7. The molecule has 0 saturated heterocycles. The molecule has 11 heteroatoms. The van der Waals surface area contributed by atoms with Crippen molar-refractivity contribution in [1.29, 1.82) is 0 Å². The van der Waals surface area contributed by atoms with Gasteiger partial charge >= 0.3 is 5.97 Å². The smallest absolute Gasteiger partial charge is 0.305 e. The van der Waals surface area contributed by atoms with Gasteiger partial charge in [0, 0.05) is 43.0 Å². The number of nitrogens with two attached hydrogens (primary N) is 2. The lowest BCUT2D eigenvalue weighted by molar-refractivity contribution is -0.143. The number of benzene rings is 1. The Hall–Kier alpha value is -2.89. The van der Waals surface area contributed by atoms with E-state index in [0.717, 1.165) is 35.1 Å². The van der Waals surface area contributed by atoms with Crippen LogP contribution in [0.25, 0.3) is 21.9 Å². The molecule has 1 amide bonds. The number of aryl methyl sites for hydroxylation is 1. The van der Waals surface area contributed by atoms with Crippen LogP contribution >= 0.6 is 11.8 Å². The fourth-order valence-electron chi connectivity index (χ4n) is 6.24. The zero-order chi connectivity index (χ0) is 35.8. The number of fused-ring (bicyclic) bond motifs is 3. The number of carbonyl (C=O) groups excluding carboxylic acids is 2. The van der Waals surface area contributed by atoms with Crippen LogP contribution in [0.3, 0.4) is 0 Å². The number of hydrogen-bond donors (Lipinski definition) is 3. The summed E-state index contributed by atoms with van der Waals surface area (Å²) in [5, 5.41) is 3.94. The molecular formula is C39H64N6O4S. The van der Waals surface area contributed by atoms with E-state index in [4.69, 9.17) is 25.9 Å². The van der Waals surface area contributed by atoms with Gasteiger partial charge in [-0.3, -0.25) is 9.59 Å². The molecule has 0 unspecified atom stereocenters. The van der Waals surface area contributed by atoms with E-state index in [9.17, 15) is 9.59 Å². The molecule has 0 aliphatic heterocycles. The maximum Gasteiger partial charge on any atom is 0.305 e. The number of nitrogens with one attached hydrogen (secondary N) is 1. The predicted molar refractivity (Wildman–Crippen MR) is 208 cm³/mol. The van der Waals surface area contributed by atoms with Crippen LogP contribution in [0.4, 0.5) is 5.82 Å². The normalized spacial score (nSPS) is 12.1. The van der Waals surface area contributed by atoms with E-state index in [1.807, 2.05) is 31.2 Å². The second kappa shape index (κ2) is 25.1. The minimum Gasteiger partial charge on any atom is -0.465 e. The first kappa shape index (κ1) is 41.5. The molecule has 1 aromatic carbocycles. The molecule has 50 heavy (non-hydrogen) atoms. The minimum atomic E-state index is -0.631. The summed E-state index contributed by atoms with van der Waals surface area (Å²) in [5.74, 6) is 1.93. The predicted octanol–water partition coefficient (Wildman–Crippen LogP) is 8.07.